The van der Waals surface area contributed by atoms with Gasteiger partial charge in [0.2, 0.25) is 5.91 Å². The van der Waals surface area contributed by atoms with E-state index in [9.17, 15) is 14.9 Å². The van der Waals surface area contributed by atoms with Crippen molar-refractivity contribution in [2.24, 2.45) is 0 Å². The summed E-state index contributed by atoms with van der Waals surface area (Å²) in [5.41, 5.74) is 2.04. The van der Waals surface area contributed by atoms with Crippen LogP contribution in [0.3, 0.4) is 0 Å². The molecule has 1 aliphatic heterocycles. The molecule has 1 atom stereocenters. The highest BCUT2D eigenvalue weighted by Crippen LogP contribution is 2.34. The van der Waals surface area contributed by atoms with Crippen LogP contribution in [0.1, 0.15) is 25.3 Å². The smallest absolute Gasteiger partial charge is 0.294 e. The van der Waals surface area contributed by atoms with Crippen molar-refractivity contribution in [1.29, 1.82) is 0 Å². The van der Waals surface area contributed by atoms with Crippen molar-refractivity contribution in [1.82, 2.24) is 0 Å². The van der Waals surface area contributed by atoms with E-state index in [4.69, 9.17) is 0 Å². The summed E-state index contributed by atoms with van der Waals surface area (Å²) in [4.78, 5) is 22.2. The number of nitrogens with zero attached hydrogens (tertiary/aromatic N) is 1. The Morgan fingerprint density at radius 1 is 1.48 bits per heavy atom. The van der Waals surface area contributed by atoms with Crippen LogP contribution in [-0.4, -0.2) is 28.9 Å². The minimum absolute atomic E-state index is 0.00644. The third kappa shape index (κ3) is 3.87. The Morgan fingerprint density at radius 2 is 2.24 bits per heavy atom. The van der Waals surface area contributed by atoms with Crippen molar-refractivity contribution < 1.29 is 9.72 Å². The number of thioether (sulfide) groups is 1. The van der Waals surface area contributed by atoms with Gasteiger partial charge in [0.05, 0.1) is 10.6 Å². The van der Waals surface area contributed by atoms with Gasteiger partial charge in [-0.1, -0.05) is 0 Å². The van der Waals surface area contributed by atoms with Crippen LogP contribution < -0.4 is 10.6 Å². The summed E-state index contributed by atoms with van der Waals surface area (Å²) in [6, 6.07) is 3.41. The van der Waals surface area contributed by atoms with Crippen molar-refractivity contribution in [3.05, 3.63) is 27.8 Å². The Morgan fingerprint density at radius 3 is 2.90 bits per heavy atom. The minimum atomic E-state index is -0.412. The number of anilines is 2. The molecule has 6 nitrogen and oxygen atoms in total. The lowest BCUT2D eigenvalue weighted by Crippen LogP contribution is -2.21. The quantitative estimate of drug-likeness (QED) is 0.623. The number of nitrogens with one attached hydrogen (secondary N) is 2. The first kappa shape index (κ1) is 15.6. The molecule has 2 N–H and O–H groups in total. The number of nitro groups is 1. The zero-order valence-electron chi connectivity index (χ0n) is 12.1. The Bertz CT molecular complexity index is 563. The second kappa shape index (κ2) is 6.80. The lowest BCUT2D eigenvalue weighted by Gasteiger charge is -2.20. The number of carbonyl (C=O) groups excluding carboxylic acids is 1. The van der Waals surface area contributed by atoms with Gasteiger partial charge in [0.1, 0.15) is 5.69 Å². The van der Waals surface area contributed by atoms with Gasteiger partial charge in [-0.3, -0.25) is 14.9 Å². The maximum atomic E-state index is 11.4. The van der Waals surface area contributed by atoms with Crippen LogP contribution in [0.2, 0.25) is 0 Å². The molecule has 1 aliphatic rings. The highest BCUT2D eigenvalue weighted by Gasteiger charge is 2.23. The standard InChI is InChI=1S/C14H19N3O3S/c1-9(5-6-21-2)15-12-7-10-3-4-14(18)16-11(10)8-13(12)17(19)20/h7-9,15H,3-6H2,1-2H3,(H,16,18). The lowest BCUT2D eigenvalue weighted by molar-refractivity contribution is -0.383. The number of rotatable bonds is 6. The maximum Gasteiger partial charge on any atom is 0.294 e. The van der Waals surface area contributed by atoms with Crippen molar-refractivity contribution in [3.63, 3.8) is 0 Å². The maximum absolute atomic E-state index is 11.4. The van der Waals surface area contributed by atoms with Crippen LogP contribution in [0.15, 0.2) is 12.1 Å². The zero-order chi connectivity index (χ0) is 15.4. The van der Waals surface area contributed by atoms with Gasteiger partial charge < -0.3 is 10.6 Å². The summed E-state index contributed by atoms with van der Waals surface area (Å²) < 4.78 is 0. The number of benzene rings is 1. The average molecular weight is 309 g/mol. The summed E-state index contributed by atoms with van der Waals surface area (Å²) in [5.74, 6) is 0.911. The molecule has 0 aliphatic carbocycles. The summed E-state index contributed by atoms with van der Waals surface area (Å²) in [7, 11) is 0. The van der Waals surface area contributed by atoms with Gasteiger partial charge in [-0.15, -0.1) is 0 Å². The highest BCUT2D eigenvalue weighted by molar-refractivity contribution is 7.98. The molecule has 0 saturated carbocycles. The highest BCUT2D eigenvalue weighted by atomic mass is 32.2. The van der Waals surface area contributed by atoms with Gasteiger partial charge in [0.25, 0.3) is 5.69 Å². The predicted molar refractivity (Wildman–Crippen MR) is 86.1 cm³/mol. The number of aryl methyl sites for hydroxylation is 1. The Hall–Kier alpha value is -1.76. The number of hydrogen-bond acceptors (Lipinski definition) is 5. The van der Waals surface area contributed by atoms with E-state index >= 15 is 0 Å². The monoisotopic (exact) mass is 309 g/mol. The van der Waals surface area contributed by atoms with E-state index in [-0.39, 0.29) is 17.6 Å². The molecule has 1 heterocycles. The molecule has 0 bridgehead atoms. The van der Waals surface area contributed by atoms with Crippen molar-refractivity contribution >= 4 is 34.7 Å². The Labute approximate surface area is 127 Å². The first-order valence-corrected chi connectivity index (χ1v) is 8.27. The van der Waals surface area contributed by atoms with Crippen LogP contribution in [0, 0.1) is 10.1 Å². The fourth-order valence-electron chi connectivity index (χ4n) is 2.32. The van der Waals surface area contributed by atoms with E-state index in [1.54, 1.807) is 17.8 Å². The molecular formula is C14H19N3O3S. The van der Waals surface area contributed by atoms with E-state index in [2.05, 4.69) is 10.6 Å². The molecule has 21 heavy (non-hydrogen) atoms. The lowest BCUT2D eigenvalue weighted by atomic mass is 10.0. The first-order chi connectivity index (χ1) is 10.0. The zero-order valence-corrected chi connectivity index (χ0v) is 13.0. The van der Waals surface area contributed by atoms with Crippen molar-refractivity contribution in [3.8, 4) is 0 Å². The normalized spacial score (nSPS) is 15.0. The second-order valence-corrected chi connectivity index (χ2v) is 6.14. The number of fused-ring (bicyclic) bond motifs is 1. The van der Waals surface area contributed by atoms with E-state index in [1.165, 1.54) is 6.07 Å². The summed E-state index contributed by atoms with van der Waals surface area (Å²) in [6.45, 7) is 2.02. The largest absolute Gasteiger partial charge is 0.377 e. The molecule has 114 valence electrons. The summed E-state index contributed by atoms with van der Waals surface area (Å²) in [5, 5.41) is 17.1. The van der Waals surface area contributed by atoms with Crippen molar-refractivity contribution in [2.45, 2.75) is 32.2 Å². The molecule has 0 fully saturated rings. The Kier molecular flexibility index (Phi) is 5.06. The van der Waals surface area contributed by atoms with Gasteiger partial charge in [-0.2, -0.15) is 11.8 Å². The minimum Gasteiger partial charge on any atom is -0.377 e. The SMILES string of the molecule is CSCCC(C)Nc1cc2c(cc1[N+](=O)[O-])NC(=O)CC2. The molecule has 0 aromatic heterocycles. The fraction of sp³-hybridized carbons (Fsp3) is 0.500. The molecule has 0 spiro atoms. The number of hydrogen-bond donors (Lipinski definition) is 2. The predicted octanol–water partition coefficient (Wildman–Crippen LogP) is 3.03. The van der Waals surface area contributed by atoms with Gasteiger partial charge in [0, 0.05) is 18.5 Å². The van der Waals surface area contributed by atoms with Crippen molar-refractivity contribution in [2.75, 3.05) is 22.6 Å². The topological polar surface area (TPSA) is 84.3 Å². The molecule has 1 unspecified atom stereocenters. The van der Waals surface area contributed by atoms with Gasteiger partial charge in [-0.25, -0.2) is 0 Å². The van der Waals surface area contributed by atoms with Gasteiger partial charge in [0.15, 0.2) is 0 Å². The molecular weight excluding hydrogens is 290 g/mol. The van der Waals surface area contributed by atoms with E-state index in [1.807, 2.05) is 13.2 Å². The van der Waals surface area contributed by atoms with Crippen LogP contribution in [0.25, 0.3) is 0 Å². The number of nitro benzene ring substituents is 1. The van der Waals surface area contributed by atoms with E-state index < -0.39 is 4.92 Å². The van der Waals surface area contributed by atoms with Crippen LogP contribution in [0.5, 0.6) is 0 Å². The molecule has 0 saturated heterocycles. The van der Waals surface area contributed by atoms with E-state index in [0.717, 1.165) is 17.7 Å². The average Bonchev–Trinajstić information content (AvgIpc) is 2.44. The number of carbonyl (C=O) groups is 1. The number of amides is 1. The third-order valence-electron chi connectivity index (χ3n) is 3.47. The Balaban J connectivity index is 2.27. The first-order valence-electron chi connectivity index (χ1n) is 6.88. The fourth-order valence-corrected chi connectivity index (χ4v) is 2.91. The molecule has 1 amide bonds. The van der Waals surface area contributed by atoms with Gasteiger partial charge in [-0.05, 0) is 43.4 Å². The second-order valence-electron chi connectivity index (χ2n) is 5.16. The van der Waals surface area contributed by atoms with Crippen LogP contribution in [-0.2, 0) is 11.2 Å². The summed E-state index contributed by atoms with van der Waals surface area (Å²) >= 11 is 1.75. The van der Waals surface area contributed by atoms with Gasteiger partial charge >= 0.3 is 0 Å². The van der Waals surface area contributed by atoms with Crippen LogP contribution >= 0.6 is 11.8 Å². The van der Waals surface area contributed by atoms with E-state index in [0.29, 0.717) is 24.2 Å². The molecule has 1 aromatic rings. The molecule has 2 rings (SSSR count). The molecule has 7 heteroatoms. The summed E-state index contributed by atoms with van der Waals surface area (Å²) in [6.07, 6.45) is 4.02. The van der Waals surface area contributed by atoms with Crippen LogP contribution in [0.4, 0.5) is 17.1 Å². The molecule has 0 radical (unpaired) electrons. The third-order valence-corrected chi connectivity index (χ3v) is 4.11. The molecule has 1 aromatic carbocycles.